The third kappa shape index (κ3) is 1.85. The molecule has 6 heteroatoms. The first-order valence-electron chi connectivity index (χ1n) is 4.50. The number of aromatic carboxylic acids is 1. The van der Waals surface area contributed by atoms with Crippen LogP contribution in [0.2, 0.25) is 0 Å². The van der Waals surface area contributed by atoms with Crippen LogP contribution in [0.5, 0.6) is 0 Å². The summed E-state index contributed by atoms with van der Waals surface area (Å²) >= 11 is 1.31. The number of carbonyl (C=O) groups excluding carboxylic acids is 1. The van der Waals surface area contributed by atoms with Crippen molar-refractivity contribution in [3.8, 4) is 0 Å². The van der Waals surface area contributed by atoms with Gasteiger partial charge in [0.05, 0.1) is 5.01 Å². The van der Waals surface area contributed by atoms with Crippen molar-refractivity contribution in [2.45, 2.75) is 12.3 Å². The number of amides is 1. The zero-order valence-corrected chi connectivity index (χ0v) is 8.95. The van der Waals surface area contributed by atoms with Crippen LogP contribution < -0.4 is 0 Å². The average molecular weight is 226 g/mol. The summed E-state index contributed by atoms with van der Waals surface area (Å²) in [7, 11) is 1.74. The summed E-state index contributed by atoms with van der Waals surface area (Å²) in [5.41, 5.74) is 0.0667. The molecule has 1 aliphatic rings. The van der Waals surface area contributed by atoms with Crippen molar-refractivity contribution < 1.29 is 14.7 Å². The number of carboxylic acids is 1. The molecule has 0 aliphatic carbocycles. The fourth-order valence-corrected chi connectivity index (χ4v) is 2.49. The number of aromatic nitrogens is 1. The van der Waals surface area contributed by atoms with Gasteiger partial charge < -0.3 is 10.0 Å². The molecule has 1 N–H and O–H groups in total. The summed E-state index contributed by atoms with van der Waals surface area (Å²) in [6, 6.07) is 0. The molecular weight excluding hydrogens is 216 g/mol. The number of likely N-dealkylation sites (N-methyl/N-ethyl adjacent to an activating group) is 1. The predicted octanol–water partition coefficient (Wildman–Crippen LogP) is 0.787. The van der Waals surface area contributed by atoms with Crippen LogP contribution >= 0.6 is 11.3 Å². The third-order valence-electron chi connectivity index (χ3n) is 2.43. The van der Waals surface area contributed by atoms with E-state index in [0.29, 0.717) is 13.0 Å². The summed E-state index contributed by atoms with van der Waals surface area (Å²) in [5, 5.41) is 11.0. The standard InChI is InChI=1S/C9H10N2O3S/c1-11-3-5(2-7(11)12)8-10-6(4-15-8)9(13)14/h4-5H,2-3H2,1H3,(H,13,14). The Morgan fingerprint density at radius 2 is 2.47 bits per heavy atom. The molecule has 0 saturated carbocycles. The quantitative estimate of drug-likeness (QED) is 0.809. The highest BCUT2D eigenvalue weighted by atomic mass is 32.1. The van der Waals surface area contributed by atoms with Gasteiger partial charge in [0.25, 0.3) is 0 Å². The van der Waals surface area contributed by atoms with Crippen LogP contribution in [0.25, 0.3) is 0 Å². The van der Waals surface area contributed by atoms with Crippen LogP contribution in [0, 0.1) is 0 Å². The summed E-state index contributed by atoms with van der Waals surface area (Å²) < 4.78 is 0. The smallest absolute Gasteiger partial charge is 0.355 e. The zero-order chi connectivity index (χ0) is 11.0. The fourth-order valence-electron chi connectivity index (χ4n) is 1.60. The van der Waals surface area contributed by atoms with Crippen molar-refractivity contribution in [2.24, 2.45) is 0 Å². The predicted molar refractivity (Wildman–Crippen MR) is 54.1 cm³/mol. The van der Waals surface area contributed by atoms with E-state index < -0.39 is 5.97 Å². The van der Waals surface area contributed by atoms with Gasteiger partial charge in [-0.3, -0.25) is 4.79 Å². The molecule has 0 bridgehead atoms. The molecule has 1 saturated heterocycles. The van der Waals surface area contributed by atoms with Crippen LogP contribution in [0.3, 0.4) is 0 Å². The zero-order valence-electron chi connectivity index (χ0n) is 8.14. The van der Waals surface area contributed by atoms with Gasteiger partial charge in [-0.2, -0.15) is 0 Å². The van der Waals surface area contributed by atoms with Gasteiger partial charge in [-0.15, -0.1) is 11.3 Å². The van der Waals surface area contributed by atoms with Crippen LogP contribution in [0.1, 0.15) is 27.8 Å². The lowest BCUT2D eigenvalue weighted by Crippen LogP contribution is -2.18. The van der Waals surface area contributed by atoms with Gasteiger partial charge >= 0.3 is 5.97 Å². The van der Waals surface area contributed by atoms with E-state index >= 15 is 0 Å². The van der Waals surface area contributed by atoms with E-state index in [1.165, 1.54) is 16.7 Å². The highest BCUT2D eigenvalue weighted by Crippen LogP contribution is 2.29. The Bertz CT molecular complexity index is 415. The lowest BCUT2D eigenvalue weighted by Gasteiger charge is -2.06. The van der Waals surface area contributed by atoms with Crippen LogP contribution in [0.15, 0.2) is 5.38 Å². The molecule has 1 atom stereocenters. The maximum Gasteiger partial charge on any atom is 0.355 e. The molecule has 2 heterocycles. The summed E-state index contributed by atoms with van der Waals surface area (Å²) in [5.74, 6) is -0.872. The first-order valence-corrected chi connectivity index (χ1v) is 5.38. The summed E-state index contributed by atoms with van der Waals surface area (Å²) in [4.78, 5) is 27.6. The minimum Gasteiger partial charge on any atom is -0.476 e. The molecule has 0 radical (unpaired) electrons. The van der Waals surface area contributed by atoms with Crippen molar-refractivity contribution in [1.82, 2.24) is 9.88 Å². The lowest BCUT2D eigenvalue weighted by atomic mass is 10.1. The monoisotopic (exact) mass is 226 g/mol. The molecule has 1 unspecified atom stereocenters. The number of hydrogen-bond acceptors (Lipinski definition) is 4. The van der Waals surface area contributed by atoms with E-state index in [0.717, 1.165) is 5.01 Å². The molecule has 1 fully saturated rings. The van der Waals surface area contributed by atoms with E-state index in [4.69, 9.17) is 5.11 Å². The summed E-state index contributed by atoms with van der Waals surface area (Å²) in [6.45, 7) is 0.630. The summed E-state index contributed by atoms with van der Waals surface area (Å²) in [6.07, 6.45) is 0.434. The number of thiazole rings is 1. The maximum atomic E-state index is 11.3. The lowest BCUT2D eigenvalue weighted by molar-refractivity contribution is -0.126. The van der Waals surface area contributed by atoms with Gasteiger partial charge in [-0.1, -0.05) is 0 Å². The Hall–Kier alpha value is -1.43. The van der Waals surface area contributed by atoms with Gasteiger partial charge in [-0.05, 0) is 0 Å². The molecule has 2 rings (SSSR count). The number of likely N-dealkylation sites (tertiary alicyclic amines) is 1. The van der Waals surface area contributed by atoms with Crippen molar-refractivity contribution in [1.29, 1.82) is 0 Å². The molecule has 1 aromatic rings. The number of hydrogen-bond donors (Lipinski definition) is 1. The second kappa shape index (κ2) is 3.62. The molecule has 0 aromatic carbocycles. The minimum absolute atomic E-state index is 0.0561. The largest absolute Gasteiger partial charge is 0.476 e. The molecule has 1 aromatic heterocycles. The van der Waals surface area contributed by atoms with Gasteiger partial charge in [0.1, 0.15) is 0 Å². The molecule has 15 heavy (non-hydrogen) atoms. The highest BCUT2D eigenvalue weighted by molar-refractivity contribution is 7.09. The molecular formula is C9H10N2O3S. The second-order valence-corrected chi connectivity index (χ2v) is 4.44. The normalized spacial score (nSPS) is 21.0. The van der Waals surface area contributed by atoms with Gasteiger partial charge in [0.2, 0.25) is 5.91 Å². The molecule has 80 valence electrons. The first kappa shape index (κ1) is 10.1. The topological polar surface area (TPSA) is 70.5 Å². The van der Waals surface area contributed by atoms with Crippen molar-refractivity contribution >= 4 is 23.2 Å². The average Bonchev–Trinajstić information content (AvgIpc) is 2.74. The highest BCUT2D eigenvalue weighted by Gasteiger charge is 2.30. The van der Waals surface area contributed by atoms with E-state index in [9.17, 15) is 9.59 Å². The number of carboxylic acid groups (broad SMARTS) is 1. The Kier molecular flexibility index (Phi) is 2.44. The Balaban J connectivity index is 2.17. The maximum absolute atomic E-state index is 11.3. The number of carbonyl (C=O) groups is 2. The Labute approximate surface area is 90.4 Å². The van der Waals surface area contributed by atoms with Crippen molar-refractivity contribution in [3.63, 3.8) is 0 Å². The number of rotatable bonds is 2. The van der Waals surface area contributed by atoms with E-state index in [1.54, 1.807) is 11.9 Å². The third-order valence-corrected chi connectivity index (χ3v) is 3.44. The molecule has 5 nitrogen and oxygen atoms in total. The van der Waals surface area contributed by atoms with Gasteiger partial charge in [-0.25, -0.2) is 9.78 Å². The van der Waals surface area contributed by atoms with Crippen LogP contribution in [-0.4, -0.2) is 40.5 Å². The van der Waals surface area contributed by atoms with E-state index in [-0.39, 0.29) is 17.5 Å². The first-order chi connectivity index (χ1) is 7.08. The van der Waals surface area contributed by atoms with E-state index in [2.05, 4.69) is 4.98 Å². The van der Waals surface area contributed by atoms with Gasteiger partial charge in [0.15, 0.2) is 5.69 Å². The van der Waals surface area contributed by atoms with Crippen LogP contribution in [-0.2, 0) is 4.79 Å². The SMILES string of the molecule is CN1CC(c2nc(C(=O)O)cs2)CC1=O. The van der Waals surface area contributed by atoms with E-state index in [1.807, 2.05) is 0 Å². The Morgan fingerprint density at radius 3 is 2.93 bits per heavy atom. The minimum atomic E-state index is -1.02. The fraction of sp³-hybridized carbons (Fsp3) is 0.444. The van der Waals surface area contributed by atoms with Crippen LogP contribution in [0.4, 0.5) is 0 Å². The van der Waals surface area contributed by atoms with Crippen molar-refractivity contribution in [2.75, 3.05) is 13.6 Å². The number of nitrogens with zero attached hydrogens (tertiary/aromatic N) is 2. The molecule has 1 amide bonds. The van der Waals surface area contributed by atoms with Gasteiger partial charge in [0, 0.05) is 31.3 Å². The second-order valence-electron chi connectivity index (χ2n) is 3.55. The Morgan fingerprint density at radius 1 is 1.73 bits per heavy atom. The molecule has 0 spiro atoms. The molecule has 1 aliphatic heterocycles. The van der Waals surface area contributed by atoms with Crippen molar-refractivity contribution in [3.05, 3.63) is 16.1 Å².